The van der Waals surface area contributed by atoms with Crippen LogP contribution in [-0.2, 0) is 12.1 Å². The maximum Gasteiger partial charge on any atom is 0.128 e. The lowest BCUT2D eigenvalue weighted by atomic mass is 10.1. The Kier molecular flexibility index (Phi) is 7.33. The largest absolute Gasteiger partial charge is 0.128 e. The Hall–Kier alpha value is -4.46. The summed E-state index contributed by atoms with van der Waals surface area (Å²) in [6.07, 6.45) is 0. The average molecular weight is 517 g/mol. The molecule has 1 heteroatoms. The van der Waals surface area contributed by atoms with Crippen LogP contribution in [0.3, 0.4) is 0 Å². The van der Waals surface area contributed by atoms with Crippen molar-refractivity contribution >= 4 is 18.4 Å². The van der Waals surface area contributed by atoms with Crippen LogP contribution in [-0.4, -0.2) is 8.07 Å². The predicted molar refractivity (Wildman–Crippen MR) is 169 cm³/mol. The highest BCUT2D eigenvalue weighted by atomic mass is 28.3. The van der Waals surface area contributed by atoms with Crippen molar-refractivity contribution in [1.82, 2.24) is 0 Å². The first kappa shape index (κ1) is 24.8. The summed E-state index contributed by atoms with van der Waals surface area (Å²) in [5.74, 6) is 0. The van der Waals surface area contributed by atoms with E-state index >= 15 is 0 Å². The van der Waals surface area contributed by atoms with Crippen LogP contribution in [0.5, 0.6) is 0 Å². The topological polar surface area (TPSA) is 0 Å². The SMILES string of the molecule is c1ccc(C[Si](Cc2ccccc2)(c2ccccc2-c2ccccc2)c2ccccc2-c2ccccc2)cc1. The molecule has 0 saturated heterocycles. The summed E-state index contributed by atoms with van der Waals surface area (Å²) in [5.41, 5.74) is 8.04. The van der Waals surface area contributed by atoms with Gasteiger partial charge in [0.1, 0.15) is 8.07 Å². The van der Waals surface area contributed by atoms with E-state index in [0.717, 1.165) is 12.1 Å². The fourth-order valence-electron chi connectivity index (χ4n) is 6.02. The van der Waals surface area contributed by atoms with Crippen molar-refractivity contribution in [2.75, 3.05) is 0 Å². The molecule has 0 aliphatic rings. The molecular formula is C38H32Si. The highest BCUT2D eigenvalue weighted by Gasteiger charge is 2.41. The van der Waals surface area contributed by atoms with Gasteiger partial charge in [0.05, 0.1) is 0 Å². The molecule has 188 valence electrons. The van der Waals surface area contributed by atoms with E-state index in [2.05, 4.69) is 170 Å². The van der Waals surface area contributed by atoms with E-state index < -0.39 is 8.07 Å². The molecule has 0 bridgehead atoms. The minimum Gasteiger partial charge on any atom is -0.0623 e. The third-order valence-electron chi connectivity index (χ3n) is 7.75. The van der Waals surface area contributed by atoms with Gasteiger partial charge in [-0.15, -0.1) is 0 Å². The van der Waals surface area contributed by atoms with Crippen LogP contribution in [0, 0.1) is 0 Å². The first-order valence-corrected chi connectivity index (χ1v) is 16.1. The van der Waals surface area contributed by atoms with Gasteiger partial charge in [-0.25, -0.2) is 0 Å². The van der Waals surface area contributed by atoms with Crippen molar-refractivity contribution in [1.29, 1.82) is 0 Å². The molecule has 0 aromatic heterocycles. The van der Waals surface area contributed by atoms with E-state index in [0.29, 0.717) is 0 Å². The average Bonchev–Trinajstić information content (AvgIpc) is 3.03. The lowest BCUT2D eigenvalue weighted by molar-refractivity contribution is 1.24. The van der Waals surface area contributed by atoms with Gasteiger partial charge in [0.15, 0.2) is 0 Å². The van der Waals surface area contributed by atoms with Crippen LogP contribution in [0.15, 0.2) is 170 Å². The highest BCUT2D eigenvalue weighted by molar-refractivity contribution is 7.02. The summed E-state index contributed by atoms with van der Waals surface area (Å²) in [7, 11) is -2.48. The standard InChI is InChI=1S/C38H32Si/c1-5-17-31(18-6-1)29-39(30-32-19-7-2-8-20-32,37-27-15-13-25-35(37)33-21-9-3-10-22-33)38-28-16-14-26-36(38)34-23-11-4-12-24-34/h1-28H,29-30H2. The molecule has 0 N–H and O–H groups in total. The van der Waals surface area contributed by atoms with Gasteiger partial charge < -0.3 is 0 Å². The molecule has 0 spiro atoms. The quantitative estimate of drug-likeness (QED) is 0.179. The molecule has 0 nitrogen and oxygen atoms in total. The summed E-state index contributed by atoms with van der Waals surface area (Å²) < 4.78 is 0. The second kappa shape index (κ2) is 11.5. The molecule has 6 rings (SSSR count). The van der Waals surface area contributed by atoms with Gasteiger partial charge in [-0.05, 0) is 44.7 Å². The number of benzene rings is 6. The molecule has 0 aliphatic carbocycles. The van der Waals surface area contributed by atoms with Crippen LogP contribution in [0.4, 0.5) is 0 Å². The van der Waals surface area contributed by atoms with Gasteiger partial charge in [0.2, 0.25) is 0 Å². The van der Waals surface area contributed by atoms with Crippen LogP contribution >= 0.6 is 0 Å². The molecule has 39 heavy (non-hydrogen) atoms. The van der Waals surface area contributed by atoms with Crippen LogP contribution < -0.4 is 10.4 Å². The van der Waals surface area contributed by atoms with Gasteiger partial charge in [-0.2, -0.15) is 0 Å². The molecule has 0 heterocycles. The lowest BCUT2D eigenvalue weighted by Crippen LogP contribution is -2.63. The van der Waals surface area contributed by atoms with Crippen molar-refractivity contribution in [3.63, 3.8) is 0 Å². The first-order valence-electron chi connectivity index (χ1n) is 13.7. The van der Waals surface area contributed by atoms with Gasteiger partial charge in [-0.3, -0.25) is 0 Å². The molecule has 0 amide bonds. The molecule has 0 saturated carbocycles. The van der Waals surface area contributed by atoms with Gasteiger partial charge >= 0.3 is 0 Å². The van der Waals surface area contributed by atoms with E-state index in [1.807, 2.05) is 0 Å². The Morgan fingerprint density at radius 3 is 1.00 bits per heavy atom. The maximum atomic E-state index is 2.42. The Labute approximate surface area is 233 Å². The van der Waals surface area contributed by atoms with E-state index in [4.69, 9.17) is 0 Å². The molecule has 0 fully saturated rings. The van der Waals surface area contributed by atoms with E-state index in [-0.39, 0.29) is 0 Å². The number of hydrogen-bond acceptors (Lipinski definition) is 0. The summed E-state index contributed by atoms with van der Waals surface area (Å²) in [6, 6.07) is 64.5. The monoisotopic (exact) mass is 516 g/mol. The summed E-state index contributed by atoms with van der Waals surface area (Å²) in [5, 5.41) is 2.99. The highest BCUT2D eigenvalue weighted by Crippen LogP contribution is 2.29. The van der Waals surface area contributed by atoms with Crippen molar-refractivity contribution < 1.29 is 0 Å². The van der Waals surface area contributed by atoms with Crippen molar-refractivity contribution in [2.24, 2.45) is 0 Å². The maximum absolute atomic E-state index is 2.48. The molecule has 0 radical (unpaired) electrons. The molecule has 6 aromatic rings. The van der Waals surface area contributed by atoms with Crippen molar-refractivity contribution in [3.8, 4) is 22.3 Å². The van der Waals surface area contributed by atoms with Crippen LogP contribution in [0.2, 0.25) is 0 Å². The normalized spacial score (nSPS) is 11.3. The van der Waals surface area contributed by atoms with Crippen LogP contribution in [0.1, 0.15) is 11.1 Å². The Morgan fingerprint density at radius 1 is 0.308 bits per heavy atom. The van der Waals surface area contributed by atoms with Gasteiger partial charge in [-0.1, -0.05) is 181 Å². The Morgan fingerprint density at radius 2 is 0.615 bits per heavy atom. The van der Waals surface area contributed by atoms with Gasteiger partial charge in [0.25, 0.3) is 0 Å². The summed E-state index contributed by atoms with van der Waals surface area (Å²) in [6.45, 7) is 0. The fourth-order valence-corrected chi connectivity index (χ4v) is 11.4. The zero-order chi connectivity index (χ0) is 26.3. The second-order valence-corrected chi connectivity index (χ2v) is 14.2. The lowest BCUT2D eigenvalue weighted by Gasteiger charge is -2.37. The third kappa shape index (κ3) is 5.27. The molecule has 0 atom stereocenters. The predicted octanol–water partition coefficient (Wildman–Crippen LogP) is 8.15. The van der Waals surface area contributed by atoms with E-state index in [1.54, 1.807) is 0 Å². The molecule has 0 aliphatic heterocycles. The van der Waals surface area contributed by atoms with Crippen molar-refractivity contribution in [3.05, 3.63) is 181 Å². The summed E-state index contributed by atoms with van der Waals surface area (Å²) >= 11 is 0. The summed E-state index contributed by atoms with van der Waals surface area (Å²) in [4.78, 5) is 0. The number of rotatable bonds is 8. The first-order chi connectivity index (χ1) is 19.3. The van der Waals surface area contributed by atoms with Gasteiger partial charge in [0, 0.05) is 0 Å². The zero-order valence-corrected chi connectivity index (χ0v) is 23.1. The van der Waals surface area contributed by atoms with E-state index in [9.17, 15) is 0 Å². The Balaban J connectivity index is 1.69. The second-order valence-electron chi connectivity index (χ2n) is 10.2. The minimum absolute atomic E-state index is 1.02. The third-order valence-corrected chi connectivity index (χ3v) is 12.7. The van der Waals surface area contributed by atoms with E-state index in [1.165, 1.54) is 43.8 Å². The molecule has 0 unspecified atom stereocenters. The number of hydrogen-bond donors (Lipinski definition) is 0. The molecule has 6 aromatic carbocycles. The van der Waals surface area contributed by atoms with Crippen LogP contribution in [0.25, 0.3) is 22.3 Å². The minimum atomic E-state index is -2.48. The zero-order valence-electron chi connectivity index (χ0n) is 22.1. The molecular weight excluding hydrogens is 485 g/mol. The van der Waals surface area contributed by atoms with Crippen molar-refractivity contribution in [2.45, 2.75) is 12.1 Å². The smallest absolute Gasteiger partial charge is 0.0623 e. The fraction of sp³-hybridized carbons (Fsp3) is 0.0526. The Bertz CT molecular complexity index is 1500.